The zero-order chi connectivity index (χ0) is 14.4. The third-order valence-corrected chi connectivity index (χ3v) is 4.32. The molecular formula is C14H20ClFN2O2S. The van der Waals surface area contributed by atoms with E-state index in [1.54, 1.807) is 12.1 Å². The number of amides is 1. The zero-order valence-corrected chi connectivity index (χ0v) is 13.2. The lowest BCUT2D eigenvalue weighted by Crippen LogP contribution is -2.42. The summed E-state index contributed by atoms with van der Waals surface area (Å²) < 4.78 is 13.5. The van der Waals surface area contributed by atoms with Crippen molar-refractivity contribution in [2.75, 3.05) is 24.6 Å². The predicted molar refractivity (Wildman–Crippen MR) is 85.4 cm³/mol. The summed E-state index contributed by atoms with van der Waals surface area (Å²) in [4.78, 5) is 11.8. The molecule has 2 unspecified atom stereocenters. The van der Waals surface area contributed by atoms with Gasteiger partial charge in [-0.2, -0.15) is 11.8 Å². The third kappa shape index (κ3) is 5.82. The van der Waals surface area contributed by atoms with Gasteiger partial charge in [0.05, 0.1) is 6.10 Å². The molecule has 1 saturated heterocycles. The van der Waals surface area contributed by atoms with Crippen molar-refractivity contribution < 1.29 is 14.3 Å². The summed E-state index contributed by atoms with van der Waals surface area (Å²) >= 11 is 1.83. The highest BCUT2D eigenvalue weighted by Crippen LogP contribution is 2.16. The van der Waals surface area contributed by atoms with E-state index in [2.05, 4.69) is 10.6 Å². The molecule has 0 aromatic heterocycles. The maximum absolute atomic E-state index is 13.5. The number of halogens is 2. The summed E-state index contributed by atoms with van der Waals surface area (Å²) in [6, 6.07) is 6.22. The van der Waals surface area contributed by atoms with Gasteiger partial charge >= 0.3 is 0 Å². The molecule has 3 N–H and O–H groups in total. The van der Waals surface area contributed by atoms with Crippen LogP contribution in [0.3, 0.4) is 0 Å². The molecule has 0 radical (unpaired) electrons. The molecule has 0 spiro atoms. The van der Waals surface area contributed by atoms with E-state index in [1.165, 1.54) is 12.1 Å². The van der Waals surface area contributed by atoms with Crippen molar-refractivity contribution in [1.29, 1.82) is 0 Å². The maximum Gasteiger partial charge on any atom is 0.221 e. The number of hydrogen-bond acceptors (Lipinski definition) is 4. The second kappa shape index (κ2) is 9.25. The van der Waals surface area contributed by atoms with Gasteiger partial charge in [-0.05, 0) is 6.07 Å². The molecule has 0 saturated carbocycles. The molecule has 0 aliphatic carbocycles. The first-order valence-corrected chi connectivity index (χ1v) is 7.82. The number of hydrogen-bond donors (Lipinski definition) is 3. The van der Waals surface area contributed by atoms with Gasteiger partial charge < -0.3 is 15.7 Å². The van der Waals surface area contributed by atoms with Gasteiger partial charge in [-0.1, -0.05) is 18.2 Å². The van der Waals surface area contributed by atoms with Crippen LogP contribution in [0.25, 0.3) is 0 Å². The van der Waals surface area contributed by atoms with E-state index in [0.717, 1.165) is 18.1 Å². The van der Waals surface area contributed by atoms with Crippen LogP contribution in [0, 0.1) is 5.82 Å². The number of benzene rings is 1. The minimum Gasteiger partial charge on any atom is -0.386 e. The van der Waals surface area contributed by atoms with Gasteiger partial charge in [0, 0.05) is 42.6 Å². The first kappa shape index (κ1) is 18.2. The Kier molecular flexibility index (Phi) is 8.03. The Bertz CT molecular complexity index is 458. The Morgan fingerprint density at radius 1 is 1.52 bits per heavy atom. The van der Waals surface area contributed by atoms with E-state index in [0.29, 0.717) is 6.42 Å². The largest absolute Gasteiger partial charge is 0.386 e. The molecule has 118 valence electrons. The van der Waals surface area contributed by atoms with Gasteiger partial charge in [0.25, 0.3) is 0 Å². The van der Waals surface area contributed by atoms with Crippen molar-refractivity contribution in [2.45, 2.75) is 18.6 Å². The third-order valence-electron chi connectivity index (χ3n) is 3.19. The fourth-order valence-electron chi connectivity index (χ4n) is 2.11. The first-order chi connectivity index (χ1) is 9.66. The molecule has 1 fully saturated rings. The second-order valence-electron chi connectivity index (χ2n) is 4.77. The Hall–Kier alpha value is -0.820. The molecule has 1 amide bonds. The fourth-order valence-corrected chi connectivity index (χ4v) is 3.06. The van der Waals surface area contributed by atoms with Crippen molar-refractivity contribution in [1.82, 2.24) is 10.6 Å². The number of aliphatic hydroxyl groups excluding tert-OH is 1. The standard InChI is InChI=1S/C14H19FN2O2S.ClH/c15-12-4-2-1-3-11(12)13(18)8-17-14(19)7-10-9-20-6-5-16-10;/h1-4,10,13,16,18H,5-9H2,(H,17,19);1H. The van der Waals surface area contributed by atoms with Crippen LogP contribution in [0.1, 0.15) is 18.1 Å². The highest BCUT2D eigenvalue weighted by Gasteiger charge is 2.18. The van der Waals surface area contributed by atoms with Crippen LogP contribution in [-0.2, 0) is 4.79 Å². The summed E-state index contributed by atoms with van der Waals surface area (Å²) in [5, 5.41) is 15.8. The van der Waals surface area contributed by atoms with Crippen molar-refractivity contribution in [2.24, 2.45) is 0 Å². The van der Waals surface area contributed by atoms with Gasteiger partial charge in [-0.3, -0.25) is 4.79 Å². The maximum atomic E-state index is 13.5. The molecule has 1 aromatic rings. The number of carbonyl (C=O) groups is 1. The summed E-state index contributed by atoms with van der Waals surface area (Å²) in [5.74, 6) is 1.41. The van der Waals surface area contributed by atoms with E-state index in [1.807, 2.05) is 11.8 Å². The molecule has 0 bridgehead atoms. The van der Waals surface area contributed by atoms with Gasteiger partial charge in [-0.25, -0.2) is 4.39 Å². The fraction of sp³-hybridized carbons (Fsp3) is 0.500. The van der Waals surface area contributed by atoms with Crippen molar-refractivity contribution in [3.05, 3.63) is 35.6 Å². The van der Waals surface area contributed by atoms with E-state index < -0.39 is 11.9 Å². The lowest BCUT2D eigenvalue weighted by molar-refractivity contribution is -0.122. The number of nitrogens with one attached hydrogen (secondary N) is 2. The zero-order valence-electron chi connectivity index (χ0n) is 11.5. The quantitative estimate of drug-likeness (QED) is 0.763. The van der Waals surface area contributed by atoms with Gasteiger partial charge in [0.15, 0.2) is 0 Å². The monoisotopic (exact) mass is 334 g/mol. The molecule has 1 aromatic carbocycles. The number of carbonyl (C=O) groups excluding carboxylic acids is 1. The topological polar surface area (TPSA) is 61.4 Å². The molecule has 1 aliphatic heterocycles. The lowest BCUT2D eigenvalue weighted by atomic mass is 10.1. The lowest BCUT2D eigenvalue weighted by Gasteiger charge is -2.22. The van der Waals surface area contributed by atoms with Crippen molar-refractivity contribution >= 4 is 30.1 Å². The average Bonchev–Trinajstić information content (AvgIpc) is 2.46. The van der Waals surface area contributed by atoms with E-state index in [4.69, 9.17) is 0 Å². The van der Waals surface area contributed by atoms with Crippen LogP contribution in [0.15, 0.2) is 24.3 Å². The number of aliphatic hydroxyl groups is 1. The van der Waals surface area contributed by atoms with E-state index in [9.17, 15) is 14.3 Å². The molecule has 1 aliphatic rings. The smallest absolute Gasteiger partial charge is 0.221 e. The number of thioether (sulfide) groups is 1. The predicted octanol–water partition coefficient (Wildman–Crippen LogP) is 1.49. The van der Waals surface area contributed by atoms with Crippen LogP contribution in [0.5, 0.6) is 0 Å². The van der Waals surface area contributed by atoms with Crippen molar-refractivity contribution in [3.8, 4) is 0 Å². The summed E-state index contributed by atoms with van der Waals surface area (Å²) in [7, 11) is 0. The first-order valence-electron chi connectivity index (χ1n) is 6.67. The molecule has 4 nitrogen and oxygen atoms in total. The molecule has 1 heterocycles. The molecule has 2 rings (SSSR count). The molecule has 7 heteroatoms. The van der Waals surface area contributed by atoms with Crippen LogP contribution in [0.4, 0.5) is 4.39 Å². The SMILES string of the molecule is Cl.O=C(CC1CSCCN1)NCC(O)c1ccccc1F. The number of rotatable bonds is 5. The van der Waals surface area contributed by atoms with Gasteiger partial charge in [-0.15, -0.1) is 12.4 Å². The van der Waals surface area contributed by atoms with Crippen LogP contribution < -0.4 is 10.6 Å². The van der Waals surface area contributed by atoms with Gasteiger partial charge in [0.1, 0.15) is 5.82 Å². The summed E-state index contributed by atoms with van der Waals surface area (Å²) in [6.07, 6.45) is -0.634. The van der Waals surface area contributed by atoms with Crippen molar-refractivity contribution in [3.63, 3.8) is 0 Å². The molecule has 2 atom stereocenters. The van der Waals surface area contributed by atoms with Crippen LogP contribution in [0.2, 0.25) is 0 Å². The average molecular weight is 335 g/mol. The molecular weight excluding hydrogens is 315 g/mol. The Morgan fingerprint density at radius 3 is 2.95 bits per heavy atom. The molecule has 21 heavy (non-hydrogen) atoms. The second-order valence-corrected chi connectivity index (χ2v) is 5.92. The minimum absolute atomic E-state index is 0. The Labute approximate surface area is 134 Å². The Morgan fingerprint density at radius 2 is 2.29 bits per heavy atom. The van der Waals surface area contributed by atoms with Crippen LogP contribution >= 0.6 is 24.2 Å². The summed E-state index contributed by atoms with van der Waals surface area (Å²) in [6.45, 7) is 0.945. The Balaban J connectivity index is 0.00000220. The van der Waals surface area contributed by atoms with Crippen LogP contribution in [-0.4, -0.2) is 41.7 Å². The summed E-state index contributed by atoms with van der Waals surface area (Å²) in [5.41, 5.74) is 0.208. The highest BCUT2D eigenvalue weighted by molar-refractivity contribution is 7.99. The highest BCUT2D eigenvalue weighted by atomic mass is 35.5. The van der Waals surface area contributed by atoms with E-state index in [-0.39, 0.29) is 36.5 Å². The minimum atomic E-state index is -1.02. The van der Waals surface area contributed by atoms with Gasteiger partial charge in [0.2, 0.25) is 5.91 Å². The van der Waals surface area contributed by atoms with E-state index >= 15 is 0 Å². The normalized spacial score (nSPS) is 19.4.